The number of hydrogen-bond donors (Lipinski definition) is 4. The number of aromatic amines is 1. The molecule has 2 aromatic carbocycles. The van der Waals surface area contributed by atoms with E-state index in [1.165, 1.54) is 24.3 Å². The number of urea groups is 1. The maximum atomic E-state index is 12.9. The number of fused-ring (bicyclic) bond motifs is 1. The van der Waals surface area contributed by atoms with Gasteiger partial charge in [-0.2, -0.15) is 5.10 Å². The summed E-state index contributed by atoms with van der Waals surface area (Å²) < 4.78 is 12.9. The third-order valence-corrected chi connectivity index (χ3v) is 3.81. The van der Waals surface area contributed by atoms with E-state index in [9.17, 15) is 9.18 Å². The summed E-state index contributed by atoms with van der Waals surface area (Å²) in [5.74, 6) is -0.0830. The number of hydrogen-bond acceptors (Lipinski definition) is 5. The largest absolute Gasteiger partial charge is 0.399 e. The average molecular weight is 363 g/mol. The molecule has 5 N–H and O–H groups in total. The Kier molecular flexibility index (Phi) is 4.09. The van der Waals surface area contributed by atoms with Crippen LogP contribution in [-0.4, -0.2) is 26.2 Å². The number of benzene rings is 2. The van der Waals surface area contributed by atoms with Gasteiger partial charge in [-0.3, -0.25) is 10.4 Å². The Morgan fingerprint density at radius 3 is 2.52 bits per heavy atom. The van der Waals surface area contributed by atoms with Crippen LogP contribution in [0.4, 0.5) is 26.4 Å². The summed E-state index contributed by atoms with van der Waals surface area (Å²) >= 11 is 0. The van der Waals surface area contributed by atoms with E-state index in [2.05, 4.69) is 30.8 Å². The molecule has 0 aliphatic heterocycles. The van der Waals surface area contributed by atoms with Crippen molar-refractivity contribution in [2.75, 3.05) is 16.4 Å². The smallest absolute Gasteiger partial charge is 0.324 e. The molecule has 2 amide bonds. The van der Waals surface area contributed by atoms with Crippen LogP contribution in [0.25, 0.3) is 22.4 Å². The van der Waals surface area contributed by atoms with Crippen molar-refractivity contribution in [2.45, 2.75) is 0 Å². The molecule has 0 saturated carbocycles. The van der Waals surface area contributed by atoms with Crippen molar-refractivity contribution in [3.63, 3.8) is 0 Å². The maximum Gasteiger partial charge on any atom is 0.324 e. The molecule has 0 aliphatic rings. The van der Waals surface area contributed by atoms with Gasteiger partial charge in [0.2, 0.25) is 5.65 Å². The SMILES string of the molecule is Nc1ccc(-c2cnc3n[nH]c(NC(=O)Nc4ccc(F)cc4)c3n2)cc1. The second kappa shape index (κ2) is 6.71. The van der Waals surface area contributed by atoms with E-state index in [1.54, 1.807) is 18.3 Å². The van der Waals surface area contributed by atoms with Gasteiger partial charge in [0.1, 0.15) is 5.82 Å². The Hall–Kier alpha value is -4.01. The molecule has 0 bridgehead atoms. The lowest BCUT2D eigenvalue weighted by Gasteiger charge is -2.06. The first-order chi connectivity index (χ1) is 13.1. The Labute approximate surface area is 152 Å². The van der Waals surface area contributed by atoms with E-state index in [0.717, 1.165) is 5.56 Å². The Morgan fingerprint density at radius 2 is 1.78 bits per heavy atom. The van der Waals surface area contributed by atoms with Crippen LogP contribution in [0.3, 0.4) is 0 Å². The number of nitrogens with two attached hydrogens (primary N) is 1. The number of H-pyrrole nitrogens is 1. The number of amides is 2. The zero-order chi connectivity index (χ0) is 18.8. The fourth-order valence-electron chi connectivity index (χ4n) is 2.48. The normalized spacial score (nSPS) is 10.7. The monoisotopic (exact) mass is 363 g/mol. The van der Waals surface area contributed by atoms with Crippen LogP contribution in [0.15, 0.2) is 54.7 Å². The third-order valence-electron chi connectivity index (χ3n) is 3.81. The molecule has 27 heavy (non-hydrogen) atoms. The molecule has 134 valence electrons. The minimum absolute atomic E-state index is 0.300. The van der Waals surface area contributed by atoms with Gasteiger partial charge >= 0.3 is 6.03 Å². The Morgan fingerprint density at radius 1 is 1.04 bits per heavy atom. The summed E-state index contributed by atoms with van der Waals surface area (Å²) in [6, 6.07) is 12.1. The molecule has 0 atom stereocenters. The van der Waals surface area contributed by atoms with Crippen molar-refractivity contribution >= 4 is 34.4 Å². The average Bonchev–Trinajstić information content (AvgIpc) is 3.06. The highest BCUT2D eigenvalue weighted by Gasteiger charge is 2.13. The van der Waals surface area contributed by atoms with Crippen molar-refractivity contribution in [3.8, 4) is 11.3 Å². The topological polar surface area (TPSA) is 122 Å². The van der Waals surface area contributed by atoms with Gasteiger partial charge in [-0.25, -0.2) is 19.2 Å². The van der Waals surface area contributed by atoms with Gasteiger partial charge in [-0.15, -0.1) is 0 Å². The summed E-state index contributed by atoms with van der Waals surface area (Å²) in [7, 11) is 0. The third kappa shape index (κ3) is 3.52. The number of carbonyl (C=O) groups excluding carboxylic acids is 1. The first kappa shape index (κ1) is 16.5. The molecule has 2 aromatic heterocycles. The Bertz CT molecular complexity index is 1110. The molecule has 4 aromatic rings. The zero-order valence-corrected chi connectivity index (χ0v) is 13.9. The number of aromatic nitrogens is 4. The summed E-state index contributed by atoms with van der Waals surface area (Å²) in [4.78, 5) is 20.9. The fourth-order valence-corrected chi connectivity index (χ4v) is 2.48. The quantitative estimate of drug-likeness (QED) is 0.416. The predicted molar refractivity (Wildman–Crippen MR) is 101 cm³/mol. The van der Waals surface area contributed by atoms with E-state index >= 15 is 0 Å². The second-order valence-corrected chi connectivity index (χ2v) is 5.73. The Balaban J connectivity index is 1.58. The van der Waals surface area contributed by atoms with E-state index in [1.807, 2.05) is 12.1 Å². The summed E-state index contributed by atoms with van der Waals surface area (Å²) in [5.41, 5.74) is 9.04. The molecular weight excluding hydrogens is 349 g/mol. The minimum Gasteiger partial charge on any atom is -0.399 e. The number of carbonyl (C=O) groups is 1. The van der Waals surface area contributed by atoms with Crippen LogP contribution in [0.5, 0.6) is 0 Å². The highest BCUT2D eigenvalue weighted by Crippen LogP contribution is 2.23. The molecule has 9 heteroatoms. The number of nitrogens with zero attached hydrogens (tertiary/aromatic N) is 3. The van der Waals surface area contributed by atoms with Gasteiger partial charge in [0.15, 0.2) is 11.3 Å². The van der Waals surface area contributed by atoms with Crippen LogP contribution in [0.2, 0.25) is 0 Å². The number of nitrogens with one attached hydrogen (secondary N) is 3. The lowest BCUT2D eigenvalue weighted by atomic mass is 10.1. The highest BCUT2D eigenvalue weighted by molar-refractivity contribution is 6.03. The predicted octanol–water partition coefficient (Wildman–Crippen LogP) is 3.39. The molecule has 0 unspecified atom stereocenters. The second-order valence-electron chi connectivity index (χ2n) is 5.73. The van der Waals surface area contributed by atoms with Gasteiger partial charge in [0, 0.05) is 16.9 Å². The molecule has 8 nitrogen and oxygen atoms in total. The fraction of sp³-hybridized carbons (Fsp3) is 0. The van der Waals surface area contributed by atoms with Crippen molar-refractivity contribution in [1.29, 1.82) is 0 Å². The molecule has 2 heterocycles. The number of rotatable bonds is 3. The molecule has 0 spiro atoms. The lowest BCUT2D eigenvalue weighted by molar-refractivity contribution is 0.262. The summed E-state index contributed by atoms with van der Waals surface area (Å²) in [6.45, 7) is 0. The number of halogens is 1. The van der Waals surface area contributed by atoms with E-state index in [0.29, 0.717) is 34.1 Å². The van der Waals surface area contributed by atoms with Crippen molar-refractivity contribution < 1.29 is 9.18 Å². The van der Waals surface area contributed by atoms with Crippen molar-refractivity contribution in [2.24, 2.45) is 0 Å². The van der Waals surface area contributed by atoms with Gasteiger partial charge in [-0.1, -0.05) is 12.1 Å². The summed E-state index contributed by atoms with van der Waals surface area (Å²) in [5, 5.41) is 12.0. The molecule has 0 saturated heterocycles. The van der Waals surface area contributed by atoms with Gasteiger partial charge in [0.05, 0.1) is 11.9 Å². The van der Waals surface area contributed by atoms with Gasteiger partial charge in [-0.05, 0) is 36.4 Å². The molecule has 0 fully saturated rings. The maximum absolute atomic E-state index is 12.9. The summed E-state index contributed by atoms with van der Waals surface area (Å²) in [6.07, 6.45) is 1.59. The van der Waals surface area contributed by atoms with Crippen molar-refractivity contribution in [1.82, 2.24) is 20.2 Å². The minimum atomic E-state index is -0.521. The van der Waals surface area contributed by atoms with Gasteiger partial charge < -0.3 is 11.1 Å². The number of nitrogen functional groups attached to an aromatic ring is 1. The molecule has 4 rings (SSSR count). The lowest BCUT2D eigenvalue weighted by Crippen LogP contribution is -2.19. The van der Waals surface area contributed by atoms with Crippen LogP contribution in [-0.2, 0) is 0 Å². The van der Waals surface area contributed by atoms with Crippen LogP contribution >= 0.6 is 0 Å². The first-order valence-electron chi connectivity index (χ1n) is 7.99. The van der Waals surface area contributed by atoms with E-state index < -0.39 is 6.03 Å². The highest BCUT2D eigenvalue weighted by atomic mass is 19.1. The van der Waals surface area contributed by atoms with Crippen molar-refractivity contribution in [3.05, 3.63) is 60.5 Å². The van der Waals surface area contributed by atoms with E-state index in [-0.39, 0.29) is 5.82 Å². The van der Waals surface area contributed by atoms with Crippen LogP contribution in [0, 0.1) is 5.82 Å². The van der Waals surface area contributed by atoms with Crippen LogP contribution in [0.1, 0.15) is 0 Å². The van der Waals surface area contributed by atoms with E-state index in [4.69, 9.17) is 5.73 Å². The number of anilines is 3. The molecule has 0 aliphatic carbocycles. The molecule has 0 radical (unpaired) electrons. The van der Waals surface area contributed by atoms with Crippen LogP contribution < -0.4 is 16.4 Å². The zero-order valence-electron chi connectivity index (χ0n) is 13.9. The van der Waals surface area contributed by atoms with Gasteiger partial charge in [0.25, 0.3) is 0 Å². The standard InChI is InChI=1S/C18H14FN7O/c19-11-3-7-13(8-4-11)22-18(27)24-17-15-16(25-26-17)21-9-14(23-15)10-1-5-12(20)6-2-10/h1-9H,20H2,(H3,21,22,24,25,26,27). The first-order valence-corrected chi connectivity index (χ1v) is 7.99. The molecular formula is C18H14FN7O.